The molecule has 0 unspecified atom stereocenters. The van der Waals surface area contributed by atoms with E-state index in [0.29, 0.717) is 0 Å². The molecule has 0 aliphatic rings. The van der Waals surface area contributed by atoms with Crippen LogP contribution in [0.2, 0.25) is 39.3 Å². The molecule has 2 rings (SSSR count). The Morgan fingerprint density at radius 2 is 1.00 bits per heavy atom. The van der Waals surface area contributed by atoms with E-state index in [-0.39, 0.29) is 0 Å². The summed E-state index contributed by atoms with van der Waals surface area (Å²) in [4.78, 5) is 1.91. The lowest BCUT2D eigenvalue weighted by atomic mass is 10.3. The molecule has 0 N–H and O–H groups in total. The SMILES string of the molecule is C[Si](C)(C)c1cccc(Oc2cccc([Si](C)(C)C)c2S)c1S. The highest BCUT2D eigenvalue weighted by Crippen LogP contribution is 2.32. The highest BCUT2D eigenvalue weighted by atomic mass is 32.1. The van der Waals surface area contributed by atoms with Crippen molar-refractivity contribution in [1.29, 1.82) is 0 Å². The Balaban J connectivity index is 2.46. The van der Waals surface area contributed by atoms with Gasteiger partial charge in [-0.05, 0) is 22.5 Å². The summed E-state index contributed by atoms with van der Waals surface area (Å²) in [5.41, 5.74) is 0. The van der Waals surface area contributed by atoms with Crippen LogP contribution in [-0.4, -0.2) is 16.1 Å². The van der Waals surface area contributed by atoms with Crippen LogP contribution in [0, 0.1) is 0 Å². The van der Waals surface area contributed by atoms with Crippen molar-refractivity contribution in [3.05, 3.63) is 36.4 Å². The predicted octanol–water partition coefficient (Wildman–Crippen LogP) is 5.15. The molecule has 0 saturated carbocycles. The first kappa shape index (κ1) is 18.7. The van der Waals surface area contributed by atoms with Gasteiger partial charge in [-0.3, -0.25) is 0 Å². The minimum atomic E-state index is -1.45. The molecular weight excluding hydrogens is 353 g/mol. The summed E-state index contributed by atoms with van der Waals surface area (Å²) in [6.07, 6.45) is 0. The van der Waals surface area contributed by atoms with E-state index in [2.05, 4.69) is 63.5 Å². The normalized spacial score (nSPS) is 12.3. The third-order valence-corrected chi connectivity index (χ3v) is 9.24. The molecule has 0 aliphatic heterocycles. The second kappa shape index (κ2) is 6.71. The maximum absolute atomic E-state index is 6.20. The van der Waals surface area contributed by atoms with Gasteiger partial charge in [0.05, 0.1) is 16.1 Å². The van der Waals surface area contributed by atoms with Crippen LogP contribution in [0.1, 0.15) is 0 Å². The van der Waals surface area contributed by atoms with Crippen molar-refractivity contribution in [3.8, 4) is 11.5 Å². The Kier molecular flexibility index (Phi) is 5.45. The topological polar surface area (TPSA) is 9.23 Å². The number of ether oxygens (including phenoxy) is 1. The average Bonchev–Trinajstić information content (AvgIpc) is 2.40. The highest BCUT2D eigenvalue weighted by Gasteiger charge is 2.23. The van der Waals surface area contributed by atoms with Gasteiger partial charge in [0.2, 0.25) is 0 Å². The lowest BCUT2D eigenvalue weighted by Gasteiger charge is -2.23. The van der Waals surface area contributed by atoms with Gasteiger partial charge in [-0.15, -0.1) is 25.3 Å². The molecule has 0 atom stereocenters. The Hall–Kier alpha value is -0.626. The van der Waals surface area contributed by atoms with E-state index in [9.17, 15) is 0 Å². The number of rotatable bonds is 4. The minimum Gasteiger partial charge on any atom is -0.455 e. The second-order valence-electron chi connectivity index (χ2n) is 7.91. The van der Waals surface area contributed by atoms with E-state index in [1.54, 1.807) is 0 Å². The summed E-state index contributed by atoms with van der Waals surface area (Å²) in [6, 6.07) is 12.4. The average molecular weight is 379 g/mol. The van der Waals surface area contributed by atoms with Gasteiger partial charge >= 0.3 is 0 Å². The summed E-state index contributed by atoms with van der Waals surface area (Å²) in [5.74, 6) is 1.63. The van der Waals surface area contributed by atoms with Gasteiger partial charge in [0.25, 0.3) is 0 Å². The van der Waals surface area contributed by atoms with Crippen LogP contribution >= 0.6 is 25.3 Å². The summed E-state index contributed by atoms with van der Waals surface area (Å²) in [7, 11) is -2.90. The quantitative estimate of drug-likeness (QED) is 0.553. The lowest BCUT2D eigenvalue weighted by molar-refractivity contribution is 0.462. The third-order valence-electron chi connectivity index (χ3n) is 3.83. The van der Waals surface area contributed by atoms with Crippen LogP contribution in [0.5, 0.6) is 11.5 Å². The first-order valence-electron chi connectivity index (χ1n) is 7.84. The molecule has 0 bridgehead atoms. The van der Waals surface area contributed by atoms with Crippen LogP contribution < -0.4 is 15.1 Å². The Labute approximate surface area is 153 Å². The molecule has 0 heterocycles. The molecule has 124 valence electrons. The highest BCUT2D eigenvalue weighted by molar-refractivity contribution is 7.81. The van der Waals surface area contributed by atoms with E-state index in [1.165, 1.54) is 10.4 Å². The van der Waals surface area contributed by atoms with Gasteiger partial charge in [-0.1, -0.05) is 63.5 Å². The fourth-order valence-electron chi connectivity index (χ4n) is 2.54. The van der Waals surface area contributed by atoms with Gasteiger partial charge in [-0.2, -0.15) is 0 Å². The fraction of sp³-hybridized carbons (Fsp3) is 0.333. The van der Waals surface area contributed by atoms with Gasteiger partial charge < -0.3 is 4.74 Å². The predicted molar refractivity (Wildman–Crippen MR) is 113 cm³/mol. The van der Waals surface area contributed by atoms with E-state index >= 15 is 0 Å². The molecule has 0 aromatic heterocycles. The summed E-state index contributed by atoms with van der Waals surface area (Å²) in [5, 5.41) is 2.64. The molecule has 5 heteroatoms. The van der Waals surface area contributed by atoms with E-state index in [4.69, 9.17) is 30.0 Å². The van der Waals surface area contributed by atoms with Crippen LogP contribution in [0.15, 0.2) is 46.2 Å². The summed E-state index contributed by atoms with van der Waals surface area (Å²) < 4.78 is 6.20. The van der Waals surface area contributed by atoms with Gasteiger partial charge in [0, 0.05) is 9.79 Å². The summed E-state index contributed by atoms with van der Waals surface area (Å²) >= 11 is 9.49. The fourth-order valence-corrected chi connectivity index (χ4v) is 7.80. The maximum Gasteiger partial charge on any atom is 0.140 e. The zero-order chi connectivity index (χ0) is 17.4. The molecule has 0 amide bonds. The van der Waals surface area contributed by atoms with E-state index in [0.717, 1.165) is 21.3 Å². The molecular formula is C18H26OS2Si2. The molecule has 0 aliphatic carbocycles. The molecule has 0 saturated heterocycles. The monoisotopic (exact) mass is 378 g/mol. The van der Waals surface area contributed by atoms with Crippen molar-refractivity contribution < 1.29 is 4.74 Å². The Bertz CT molecular complexity index is 654. The minimum absolute atomic E-state index is 0.816. The van der Waals surface area contributed by atoms with Crippen molar-refractivity contribution in [3.63, 3.8) is 0 Å². The van der Waals surface area contributed by atoms with Crippen molar-refractivity contribution in [2.75, 3.05) is 0 Å². The zero-order valence-corrected chi connectivity index (χ0v) is 18.6. The van der Waals surface area contributed by atoms with Crippen molar-refractivity contribution in [2.24, 2.45) is 0 Å². The van der Waals surface area contributed by atoms with Crippen molar-refractivity contribution in [2.45, 2.75) is 49.1 Å². The first-order chi connectivity index (χ1) is 10.5. The smallest absolute Gasteiger partial charge is 0.140 e. The molecule has 0 spiro atoms. The number of benzene rings is 2. The summed E-state index contributed by atoms with van der Waals surface area (Å²) in [6.45, 7) is 13.9. The van der Waals surface area contributed by atoms with Gasteiger partial charge in [-0.25, -0.2) is 0 Å². The number of thiol groups is 2. The van der Waals surface area contributed by atoms with Crippen molar-refractivity contribution in [1.82, 2.24) is 0 Å². The molecule has 1 nitrogen and oxygen atoms in total. The largest absolute Gasteiger partial charge is 0.455 e. The molecule has 0 radical (unpaired) electrons. The van der Waals surface area contributed by atoms with Crippen LogP contribution in [-0.2, 0) is 0 Å². The van der Waals surface area contributed by atoms with Gasteiger partial charge in [0.15, 0.2) is 0 Å². The van der Waals surface area contributed by atoms with Crippen LogP contribution in [0.3, 0.4) is 0 Å². The third kappa shape index (κ3) is 4.26. The second-order valence-corrected chi connectivity index (χ2v) is 18.9. The standard InChI is InChI=1S/C18H26OS2Si2/c1-22(2,3)15-11-7-9-13(17(15)20)19-14-10-8-12-16(18(14)21)23(4,5)6/h7-12,20-21H,1-6H3. The van der Waals surface area contributed by atoms with Crippen LogP contribution in [0.4, 0.5) is 0 Å². The van der Waals surface area contributed by atoms with Crippen molar-refractivity contribution >= 4 is 51.8 Å². The lowest BCUT2D eigenvalue weighted by Crippen LogP contribution is -2.39. The van der Waals surface area contributed by atoms with Gasteiger partial charge in [0.1, 0.15) is 11.5 Å². The van der Waals surface area contributed by atoms with E-state index < -0.39 is 16.1 Å². The molecule has 23 heavy (non-hydrogen) atoms. The molecule has 2 aromatic rings. The van der Waals surface area contributed by atoms with E-state index in [1.807, 2.05) is 12.1 Å². The Morgan fingerprint density at radius 1 is 0.652 bits per heavy atom. The Morgan fingerprint density at radius 3 is 1.30 bits per heavy atom. The molecule has 2 aromatic carbocycles. The first-order valence-corrected chi connectivity index (χ1v) is 15.7. The van der Waals surface area contributed by atoms with Crippen LogP contribution in [0.25, 0.3) is 0 Å². The maximum atomic E-state index is 6.20. The molecule has 0 fully saturated rings. The zero-order valence-electron chi connectivity index (χ0n) is 14.8. The number of hydrogen-bond donors (Lipinski definition) is 2. The number of hydrogen-bond acceptors (Lipinski definition) is 3.